The normalized spacial score (nSPS) is 20.9. The Balaban J connectivity index is 0.00000108. The van der Waals surface area contributed by atoms with Gasteiger partial charge in [0.2, 0.25) is 0 Å². The highest BCUT2D eigenvalue weighted by Gasteiger charge is 2.30. The molecular formula is C15H28N2O6. The summed E-state index contributed by atoms with van der Waals surface area (Å²) < 4.78 is 9.93. The van der Waals surface area contributed by atoms with Crippen molar-refractivity contribution >= 4 is 17.9 Å². The third-order valence-corrected chi connectivity index (χ3v) is 3.33. The summed E-state index contributed by atoms with van der Waals surface area (Å²) >= 11 is 0. The summed E-state index contributed by atoms with van der Waals surface area (Å²) in [5.41, 5.74) is 0. The smallest absolute Gasteiger partial charge is 0.307 e. The van der Waals surface area contributed by atoms with Crippen molar-refractivity contribution in [2.24, 2.45) is 0 Å². The number of hydrogen-bond acceptors (Lipinski definition) is 7. The van der Waals surface area contributed by atoms with E-state index < -0.39 is 5.97 Å². The van der Waals surface area contributed by atoms with E-state index in [1.807, 2.05) is 7.05 Å². The molecule has 0 aromatic heterocycles. The summed E-state index contributed by atoms with van der Waals surface area (Å²) in [7, 11) is 1.94. The van der Waals surface area contributed by atoms with Gasteiger partial charge in [-0.25, -0.2) is 0 Å². The number of likely N-dealkylation sites (N-methyl/N-ethyl adjacent to an activating group) is 1. The number of carboxylic acid groups (broad SMARTS) is 1. The molecule has 0 amide bonds. The number of carboxylic acids is 1. The molecule has 0 spiro atoms. The molecule has 0 aliphatic carbocycles. The van der Waals surface area contributed by atoms with Gasteiger partial charge in [0.1, 0.15) is 0 Å². The third kappa shape index (κ3) is 9.85. The van der Waals surface area contributed by atoms with E-state index in [2.05, 4.69) is 10.2 Å². The Labute approximate surface area is 137 Å². The number of nitrogens with zero attached hydrogens (tertiary/aromatic N) is 1. The van der Waals surface area contributed by atoms with Crippen LogP contribution in [0.25, 0.3) is 0 Å². The molecule has 1 aliphatic rings. The van der Waals surface area contributed by atoms with E-state index in [0.717, 1.165) is 20.0 Å². The highest BCUT2D eigenvalue weighted by Crippen LogP contribution is 2.14. The first-order valence-corrected chi connectivity index (χ1v) is 7.75. The van der Waals surface area contributed by atoms with Crippen LogP contribution in [0.4, 0.5) is 0 Å². The lowest BCUT2D eigenvalue weighted by Crippen LogP contribution is -2.56. The first-order chi connectivity index (χ1) is 10.8. The maximum atomic E-state index is 11.5. The topological polar surface area (TPSA) is 105 Å². The predicted molar refractivity (Wildman–Crippen MR) is 84.0 cm³/mol. The molecule has 1 saturated heterocycles. The Hall–Kier alpha value is -1.67. The molecule has 1 fully saturated rings. The van der Waals surface area contributed by atoms with E-state index in [9.17, 15) is 9.59 Å². The molecule has 1 aliphatic heterocycles. The van der Waals surface area contributed by atoms with Crippen LogP contribution in [0, 0.1) is 0 Å². The van der Waals surface area contributed by atoms with E-state index in [-0.39, 0.29) is 24.0 Å². The molecule has 1 heterocycles. The van der Waals surface area contributed by atoms with Crippen molar-refractivity contribution in [2.45, 2.75) is 45.7 Å². The monoisotopic (exact) mass is 332 g/mol. The largest absolute Gasteiger partial charge is 0.481 e. The van der Waals surface area contributed by atoms with E-state index in [1.165, 1.54) is 0 Å². The zero-order valence-corrected chi connectivity index (χ0v) is 14.3. The summed E-state index contributed by atoms with van der Waals surface area (Å²) in [6.07, 6.45) is 0.688. The van der Waals surface area contributed by atoms with Gasteiger partial charge >= 0.3 is 11.9 Å². The van der Waals surface area contributed by atoms with Gasteiger partial charge in [-0.3, -0.25) is 19.3 Å². The van der Waals surface area contributed by atoms with Crippen LogP contribution in [0.1, 0.15) is 33.6 Å². The summed E-state index contributed by atoms with van der Waals surface area (Å²) in [4.78, 5) is 34.1. The van der Waals surface area contributed by atoms with Crippen molar-refractivity contribution in [3.05, 3.63) is 0 Å². The minimum absolute atomic E-state index is 0.0622. The number of piperazine rings is 1. The number of esters is 2. The van der Waals surface area contributed by atoms with Crippen LogP contribution in [0.2, 0.25) is 0 Å². The minimum Gasteiger partial charge on any atom is -0.481 e. The van der Waals surface area contributed by atoms with Crippen molar-refractivity contribution < 1.29 is 29.0 Å². The Morgan fingerprint density at radius 2 is 1.39 bits per heavy atom. The predicted octanol–water partition coefficient (Wildman–Crippen LogP) is 0.256. The fourth-order valence-electron chi connectivity index (χ4n) is 2.26. The van der Waals surface area contributed by atoms with Gasteiger partial charge in [0.25, 0.3) is 5.97 Å². The van der Waals surface area contributed by atoms with Crippen LogP contribution < -0.4 is 5.32 Å². The van der Waals surface area contributed by atoms with Gasteiger partial charge in [0, 0.05) is 32.1 Å². The van der Waals surface area contributed by atoms with Crippen molar-refractivity contribution in [1.82, 2.24) is 10.2 Å². The van der Waals surface area contributed by atoms with E-state index in [0.29, 0.717) is 26.1 Å². The second-order valence-corrected chi connectivity index (χ2v) is 5.17. The average molecular weight is 332 g/mol. The van der Waals surface area contributed by atoms with Crippen LogP contribution in [-0.2, 0) is 23.9 Å². The molecule has 23 heavy (non-hydrogen) atoms. The zero-order valence-electron chi connectivity index (χ0n) is 14.3. The van der Waals surface area contributed by atoms with Crippen molar-refractivity contribution in [1.29, 1.82) is 0 Å². The molecule has 0 aromatic rings. The maximum absolute atomic E-state index is 11.5. The van der Waals surface area contributed by atoms with Gasteiger partial charge in [-0.1, -0.05) is 0 Å². The molecule has 134 valence electrons. The average Bonchev–Trinajstić information content (AvgIpc) is 2.43. The van der Waals surface area contributed by atoms with E-state index in [1.54, 1.807) is 13.8 Å². The second-order valence-electron chi connectivity index (χ2n) is 5.17. The molecule has 0 radical (unpaired) electrons. The SMILES string of the molecule is CC(=O)O.CCOC(=O)CC1CNCC(CC(=O)OCC)N1C. The van der Waals surface area contributed by atoms with Gasteiger partial charge in [0.05, 0.1) is 26.1 Å². The number of hydrogen-bond donors (Lipinski definition) is 2. The molecule has 1 rings (SSSR count). The van der Waals surface area contributed by atoms with Gasteiger partial charge in [-0.05, 0) is 20.9 Å². The number of carbonyl (C=O) groups is 3. The highest BCUT2D eigenvalue weighted by atomic mass is 16.5. The summed E-state index contributed by atoms with van der Waals surface area (Å²) in [5.74, 6) is -1.23. The van der Waals surface area contributed by atoms with Gasteiger partial charge < -0.3 is 19.9 Å². The number of carbonyl (C=O) groups excluding carboxylic acids is 2. The first-order valence-electron chi connectivity index (χ1n) is 7.75. The van der Waals surface area contributed by atoms with E-state index in [4.69, 9.17) is 19.4 Å². The molecule has 0 saturated carbocycles. The lowest BCUT2D eigenvalue weighted by atomic mass is 10.0. The minimum atomic E-state index is -0.833. The van der Waals surface area contributed by atoms with Crippen LogP contribution in [0.5, 0.6) is 0 Å². The fraction of sp³-hybridized carbons (Fsp3) is 0.800. The fourth-order valence-corrected chi connectivity index (χ4v) is 2.26. The first kappa shape index (κ1) is 21.3. The zero-order chi connectivity index (χ0) is 17.8. The van der Waals surface area contributed by atoms with Crippen LogP contribution in [-0.4, -0.2) is 73.3 Å². The summed E-state index contributed by atoms with van der Waals surface area (Å²) in [5, 5.41) is 10.7. The standard InChI is InChI=1S/C13H24N2O4.C2H4O2/c1-4-18-12(16)6-10-8-14-9-11(15(10)3)7-13(17)19-5-2;1-2(3)4/h10-11,14H,4-9H2,1-3H3;1H3,(H,3,4). The quantitative estimate of drug-likeness (QED) is 0.667. The molecule has 8 heteroatoms. The Morgan fingerprint density at radius 1 is 1.04 bits per heavy atom. The van der Waals surface area contributed by atoms with E-state index >= 15 is 0 Å². The summed E-state index contributed by atoms with van der Waals surface area (Å²) in [6.45, 7) is 6.93. The Morgan fingerprint density at radius 3 is 1.70 bits per heavy atom. The summed E-state index contributed by atoms with van der Waals surface area (Å²) in [6, 6.07) is 0.124. The van der Waals surface area contributed by atoms with Crippen molar-refractivity contribution in [3.63, 3.8) is 0 Å². The van der Waals surface area contributed by atoms with Crippen LogP contribution in [0.3, 0.4) is 0 Å². The highest BCUT2D eigenvalue weighted by molar-refractivity contribution is 5.71. The van der Waals surface area contributed by atoms with Gasteiger partial charge in [0.15, 0.2) is 0 Å². The van der Waals surface area contributed by atoms with Gasteiger partial charge in [-0.2, -0.15) is 0 Å². The molecule has 8 nitrogen and oxygen atoms in total. The van der Waals surface area contributed by atoms with Crippen LogP contribution in [0.15, 0.2) is 0 Å². The number of nitrogens with one attached hydrogen (secondary N) is 1. The number of rotatable bonds is 6. The number of aliphatic carboxylic acids is 1. The molecule has 2 N–H and O–H groups in total. The molecular weight excluding hydrogens is 304 g/mol. The maximum Gasteiger partial charge on any atom is 0.307 e. The Kier molecular flexibility index (Phi) is 11.0. The van der Waals surface area contributed by atoms with Crippen molar-refractivity contribution in [2.75, 3.05) is 33.4 Å². The molecule has 2 unspecified atom stereocenters. The molecule has 0 bridgehead atoms. The third-order valence-electron chi connectivity index (χ3n) is 3.33. The molecule has 2 atom stereocenters. The van der Waals surface area contributed by atoms with Gasteiger partial charge in [-0.15, -0.1) is 0 Å². The number of ether oxygens (including phenoxy) is 2. The molecule has 0 aromatic carbocycles. The Bertz CT molecular complexity index is 356. The lowest BCUT2D eigenvalue weighted by Gasteiger charge is -2.39. The lowest BCUT2D eigenvalue weighted by molar-refractivity contribution is -0.146. The van der Waals surface area contributed by atoms with Crippen molar-refractivity contribution in [3.8, 4) is 0 Å². The second kappa shape index (κ2) is 11.8. The van der Waals surface area contributed by atoms with Crippen LogP contribution >= 0.6 is 0 Å².